The van der Waals surface area contributed by atoms with E-state index in [0.717, 1.165) is 22.3 Å². The maximum Gasteiger partial charge on any atom is 0.0682 e. The predicted molar refractivity (Wildman–Crippen MR) is 83.6 cm³/mol. The third kappa shape index (κ3) is 3.50. The highest BCUT2D eigenvalue weighted by molar-refractivity contribution is 9.10. The van der Waals surface area contributed by atoms with Crippen molar-refractivity contribution in [2.45, 2.75) is 13.2 Å². The summed E-state index contributed by atoms with van der Waals surface area (Å²) >= 11 is 9.79. The standard InChI is InChI=1S/C15H15BrClNO/c1-18(9-12-4-2-3-5-13(12)16)15-7-6-11(10-19)8-14(15)17/h2-8,19H,9-10H2,1H3. The zero-order valence-corrected chi connectivity index (χ0v) is 12.9. The van der Waals surface area contributed by atoms with Gasteiger partial charge in [-0.1, -0.05) is 51.8 Å². The lowest BCUT2D eigenvalue weighted by molar-refractivity contribution is 0.282. The first kappa shape index (κ1) is 14.4. The van der Waals surface area contributed by atoms with Crippen molar-refractivity contribution in [2.75, 3.05) is 11.9 Å². The highest BCUT2D eigenvalue weighted by atomic mass is 79.9. The van der Waals surface area contributed by atoms with Gasteiger partial charge in [-0.05, 0) is 29.3 Å². The zero-order chi connectivity index (χ0) is 13.8. The summed E-state index contributed by atoms with van der Waals surface area (Å²) in [5, 5.41) is 9.74. The number of hydrogen-bond acceptors (Lipinski definition) is 2. The van der Waals surface area contributed by atoms with Crippen molar-refractivity contribution >= 4 is 33.2 Å². The van der Waals surface area contributed by atoms with Gasteiger partial charge in [0.05, 0.1) is 17.3 Å². The molecule has 0 bridgehead atoms. The van der Waals surface area contributed by atoms with E-state index in [9.17, 15) is 0 Å². The van der Waals surface area contributed by atoms with Crippen LogP contribution in [0.25, 0.3) is 0 Å². The smallest absolute Gasteiger partial charge is 0.0682 e. The van der Waals surface area contributed by atoms with Crippen molar-refractivity contribution in [1.29, 1.82) is 0 Å². The summed E-state index contributed by atoms with van der Waals surface area (Å²) in [4.78, 5) is 2.09. The molecule has 0 aliphatic rings. The van der Waals surface area contributed by atoms with Gasteiger partial charge in [0.15, 0.2) is 0 Å². The van der Waals surface area contributed by atoms with Crippen LogP contribution < -0.4 is 4.90 Å². The van der Waals surface area contributed by atoms with E-state index in [1.54, 1.807) is 6.07 Å². The van der Waals surface area contributed by atoms with Gasteiger partial charge in [0.25, 0.3) is 0 Å². The lowest BCUT2D eigenvalue weighted by Gasteiger charge is -2.21. The van der Waals surface area contributed by atoms with Crippen LogP contribution in [0.4, 0.5) is 5.69 Å². The summed E-state index contributed by atoms with van der Waals surface area (Å²) in [7, 11) is 2.00. The first-order valence-electron chi connectivity index (χ1n) is 5.95. The van der Waals surface area contributed by atoms with Gasteiger partial charge < -0.3 is 10.0 Å². The summed E-state index contributed by atoms with van der Waals surface area (Å²) < 4.78 is 1.09. The number of aliphatic hydroxyl groups excluding tert-OH is 1. The maximum atomic E-state index is 9.08. The molecule has 0 aliphatic heterocycles. The van der Waals surface area contributed by atoms with Crippen LogP contribution in [0.15, 0.2) is 46.9 Å². The Morgan fingerprint density at radius 2 is 1.95 bits per heavy atom. The lowest BCUT2D eigenvalue weighted by atomic mass is 10.1. The van der Waals surface area contributed by atoms with Crippen molar-refractivity contribution in [3.63, 3.8) is 0 Å². The molecule has 0 amide bonds. The molecule has 100 valence electrons. The topological polar surface area (TPSA) is 23.5 Å². The van der Waals surface area contributed by atoms with Crippen LogP contribution >= 0.6 is 27.5 Å². The number of hydrogen-bond donors (Lipinski definition) is 1. The highest BCUT2D eigenvalue weighted by Gasteiger charge is 2.09. The third-order valence-electron chi connectivity index (χ3n) is 2.97. The molecule has 0 aromatic heterocycles. The fourth-order valence-corrected chi connectivity index (χ4v) is 2.68. The summed E-state index contributed by atoms with van der Waals surface area (Å²) in [6.45, 7) is 0.771. The van der Waals surface area contributed by atoms with Crippen LogP contribution in [-0.4, -0.2) is 12.2 Å². The summed E-state index contributed by atoms with van der Waals surface area (Å²) in [5.74, 6) is 0. The molecule has 0 atom stereocenters. The van der Waals surface area contributed by atoms with Crippen LogP contribution in [0.5, 0.6) is 0 Å². The molecule has 2 aromatic rings. The minimum absolute atomic E-state index is 0.00788. The molecule has 0 fully saturated rings. The number of rotatable bonds is 4. The van der Waals surface area contributed by atoms with E-state index in [1.165, 1.54) is 5.56 Å². The average Bonchev–Trinajstić information content (AvgIpc) is 2.41. The van der Waals surface area contributed by atoms with Crippen molar-refractivity contribution in [1.82, 2.24) is 0 Å². The molecule has 0 aliphatic carbocycles. The van der Waals surface area contributed by atoms with E-state index >= 15 is 0 Å². The Hall–Kier alpha value is -1.03. The second-order valence-electron chi connectivity index (χ2n) is 4.39. The van der Waals surface area contributed by atoms with Crippen molar-refractivity contribution < 1.29 is 5.11 Å². The van der Waals surface area contributed by atoms with Crippen molar-refractivity contribution in [3.8, 4) is 0 Å². The molecule has 0 saturated heterocycles. The van der Waals surface area contributed by atoms with Gasteiger partial charge in [-0.3, -0.25) is 0 Å². The monoisotopic (exact) mass is 339 g/mol. The van der Waals surface area contributed by atoms with Crippen LogP contribution in [-0.2, 0) is 13.2 Å². The molecule has 4 heteroatoms. The van der Waals surface area contributed by atoms with Gasteiger partial charge in [0.2, 0.25) is 0 Å². The summed E-state index contributed by atoms with van der Waals surface area (Å²) in [6.07, 6.45) is 0. The number of aliphatic hydroxyl groups is 1. The maximum absolute atomic E-state index is 9.08. The van der Waals surface area contributed by atoms with Crippen molar-refractivity contribution in [3.05, 3.63) is 63.1 Å². The van der Waals surface area contributed by atoms with Crippen LogP contribution in [0.1, 0.15) is 11.1 Å². The van der Waals surface area contributed by atoms with E-state index in [2.05, 4.69) is 26.9 Å². The Bertz CT molecular complexity index is 574. The van der Waals surface area contributed by atoms with Crippen LogP contribution in [0.2, 0.25) is 5.02 Å². The highest BCUT2D eigenvalue weighted by Crippen LogP contribution is 2.28. The number of anilines is 1. The van der Waals surface area contributed by atoms with E-state index in [-0.39, 0.29) is 6.61 Å². The Labute approximate surface area is 126 Å². The third-order valence-corrected chi connectivity index (χ3v) is 4.05. The molecule has 2 rings (SSSR count). The molecule has 2 nitrogen and oxygen atoms in total. The minimum Gasteiger partial charge on any atom is -0.392 e. The molecule has 0 heterocycles. The fraction of sp³-hybridized carbons (Fsp3) is 0.200. The Morgan fingerprint density at radius 1 is 1.21 bits per heavy atom. The molecule has 0 unspecified atom stereocenters. The van der Waals surface area contributed by atoms with Gasteiger partial charge in [0, 0.05) is 18.1 Å². The van der Waals surface area contributed by atoms with E-state index in [0.29, 0.717) is 5.02 Å². The molecule has 1 N–H and O–H groups in total. The Morgan fingerprint density at radius 3 is 2.58 bits per heavy atom. The molecule has 0 spiro atoms. The predicted octanol–water partition coefficient (Wildman–Crippen LogP) is 4.23. The van der Waals surface area contributed by atoms with E-state index < -0.39 is 0 Å². The molecular weight excluding hydrogens is 326 g/mol. The average molecular weight is 341 g/mol. The van der Waals surface area contributed by atoms with Gasteiger partial charge in [-0.2, -0.15) is 0 Å². The molecule has 19 heavy (non-hydrogen) atoms. The lowest BCUT2D eigenvalue weighted by Crippen LogP contribution is -2.17. The largest absolute Gasteiger partial charge is 0.392 e. The van der Waals surface area contributed by atoms with Crippen LogP contribution in [0, 0.1) is 0 Å². The number of nitrogens with zero attached hydrogens (tertiary/aromatic N) is 1. The summed E-state index contributed by atoms with van der Waals surface area (Å²) in [5.41, 5.74) is 2.98. The Kier molecular flexibility index (Phi) is 4.86. The Balaban J connectivity index is 2.21. The summed E-state index contributed by atoms with van der Waals surface area (Å²) in [6, 6.07) is 13.7. The van der Waals surface area contributed by atoms with Gasteiger partial charge >= 0.3 is 0 Å². The second-order valence-corrected chi connectivity index (χ2v) is 5.65. The number of benzene rings is 2. The normalized spacial score (nSPS) is 10.5. The zero-order valence-electron chi connectivity index (χ0n) is 10.6. The van der Waals surface area contributed by atoms with Crippen LogP contribution in [0.3, 0.4) is 0 Å². The minimum atomic E-state index is 0.00788. The van der Waals surface area contributed by atoms with Gasteiger partial charge in [-0.25, -0.2) is 0 Å². The quantitative estimate of drug-likeness (QED) is 0.900. The molecule has 0 radical (unpaired) electrons. The SMILES string of the molecule is CN(Cc1ccccc1Br)c1ccc(CO)cc1Cl. The second kappa shape index (κ2) is 6.42. The van der Waals surface area contributed by atoms with Gasteiger partial charge in [-0.15, -0.1) is 0 Å². The fourth-order valence-electron chi connectivity index (χ4n) is 1.93. The first-order valence-corrected chi connectivity index (χ1v) is 7.12. The molecular formula is C15H15BrClNO. The van der Waals surface area contributed by atoms with E-state index in [1.807, 2.05) is 37.4 Å². The van der Waals surface area contributed by atoms with Crippen molar-refractivity contribution in [2.24, 2.45) is 0 Å². The molecule has 2 aromatic carbocycles. The van der Waals surface area contributed by atoms with E-state index in [4.69, 9.17) is 16.7 Å². The first-order chi connectivity index (χ1) is 9.11. The molecule has 0 saturated carbocycles. The number of halogens is 2. The van der Waals surface area contributed by atoms with Gasteiger partial charge in [0.1, 0.15) is 0 Å².